The Bertz CT molecular complexity index is 3050. The molecule has 0 aromatic heterocycles. The molecule has 0 spiro atoms. The fourth-order valence-corrected chi connectivity index (χ4v) is 9.16. The maximum atomic E-state index is 2.36. The van der Waals surface area contributed by atoms with Crippen LogP contribution in [0.3, 0.4) is 0 Å². The van der Waals surface area contributed by atoms with Gasteiger partial charge in [0.05, 0.1) is 0 Å². The van der Waals surface area contributed by atoms with Crippen LogP contribution in [0.5, 0.6) is 0 Å². The van der Waals surface area contributed by atoms with Crippen LogP contribution in [0.25, 0.3) is 24.3 Å². The lowest BCUT2D eigenvalue weighted by molar-refractivity contribution is 1.23. The van der Waals surface area contributed by atoms with Crippen molar-refractivity contribution >= 4 is 75.5 Å². The number of aryl methyl sites for hydroxylation is 8. The SMILES string of the molecule is Cc1ccc(N(c2ccc(/C=C/c3ccc(N(c4ccc(/C=C/c5ccc(N(c6ccc(C)cc6)c6ccc(C)cc6C)cc5)cc4)c4ccc(C)cc4C)cc3)cc2)c2ccc(C)cc2C)cc1. The van der Waals surface area contributed by atoms with Crippen LogP contribution in [0.1, 0.15) is 66.8 Å². The lowest BCUT2D eigenvalue weighted by atomic mass is 10.1. The largest absolute Gasteiger partial charge is 0.310 e. The molecule has 0 saturated carbocycles. The van der Waals surface area contributed by atoms with E-state index in [1.165, 1.54) is 55.9 Å². The summed E-state index contributed by atoms with van der Waals surface area (Å²) in [5.41, 5.74) is 24.9. The molecule has 0 bridgehead atoms. The van der Waals surface area contributed by atoms with Crippen molar-refractivity contribution < 1.29 is 0 Å². The van der Waals surface area contributed by atoms with E-state index in [4.69, 9.17) is 0 Å². The van der Waals surface area contributed by atoms with Gasteiger partial charge in [0.25, 0.3) is 0 Å². The Morgan fingerprint density at radius 3 is 0.609 bits per heavy atom. The first kappa shape index (κ1) is 46.0. The molecular weight excluding hydrogens is 835 g/mol. The molecule has 0 atom stereocenters. The smallest absolute Gasteiger partial charge is 0.0490 e. The van der Waals surface area contributed by atoms with Gasteiger partial charge in [-0.1, -0.05) is 161 Å². The van der Waals surface area contributed by atoms with E-state index in [0.29, 0.717) is 0 Å². The maximum Gasteiger partial charge on any atom is 0.0490 e. The average molecular weight is 896 g/mol. The van der Waals surface area contributed by atoms with Gasteiger partial charge in [-0.2, -0.15) is 0 Å². The van der Waals surface area contributed by atoms with Crippen molar-refractivity contribution in [2.75, 3.05) is 14.7 Å². The molecule has 9 aromatic rings. The van der Waals surface area contributed by atoms with Gasteiger partial charge < -0.3 is 14.7 Å². The van der Waals surface area contributed by atoms with E-state index in [0.717, 1.165) is 62.1 Å². The van der Waals surface area contributed by atoms with Gasteiger partial charge in [-0.3, -0.25) is 0 Å². The molecule has 69 heavy (non-hydrogen) atoms. The Morgan fingerprint density at radius 1 is 0.217 bits per heavy atom. The van der Waals surface area contributed by atoms with Crippen molar-refractivity contribution in [3.63, 3.8) is 0 Å². The molecule has 9 rings (SSSR count). The summed E-state index contributed by atoms with van der Waals surface area (Å²) in [7, 11) is 0. The van der Waals surface area contributed by atoms with Crippen molar-refractivity contribution in [2.24, 2.45) is 0 Å². The van der Waals surface area contributed by atoms with Crippen LogP contribution in [-0.4, -0.2) is 0 Å². The van der Waals surface area contributed by atoms with Gasteiger partial charge in [0.2, 0.25) is 0 Å². The van der Waals surface area contributed by atoms with E-state index in [-0.39, 0.29) is 0 Å². The average Bonchev–Trinajstić information content (AvgIpc) is 3.35. The Labute approximate surface area is 410 Å². The zero-order valence-corrected chi connectivity index (χ0v) is 41.2. The molecule has 0 heterocycles. The number of nitrogens with zero attached hydrogens (tertiary/aromatic N) is 3. The third-order valence-electron chi connectivity index (χ3n) is 12.9. The second-order valence-electron chi connectivity index (χ2n) is 18.6. The fraction of sp³-hybridized carbons (Fsp3) is 0.121. The van der Waals surface area contributed by atoms with E-state index in [9.17, 15) is 0 Å². The Hall–Kier alpha value is -8.14. The highest BCUT2D eigenvalue weighted by molar-refractivity contribution is 5.84. The minimum atomic E-state index is 1.11. The first-order valence-electron chi connectivity index (χ1n) is 24.0. The normalized spacial score (nSPS) is 11.4. The van der Waals surface area contributed by atoms with Gasteiger partial charge in [0.1, 0.15) is 0 Å². The second-order valence-corrected chi connectivity index (χ2v) is 18.6. The summed E-state index contributed by atoms with van der Waals surface area (Å²) in [5, 5.41) is 0. The van der Waals surface area contributed by atoms with Crippen molar-refractivity contribution in [1.82, 2.24) is 0 Å². The fourth-order valence-electron chi connectivity index (χ4n) is 9.16. The lowest BCUT2D eigenvalue weighted by Gasteiger charge is -2.27. The summed E-state index contributed by atoms with van der Waals surface area (Å²) in [6, 6.07) is 73.0. The lowest BCUT2D eigenvalue weighted by Crippen LogP contribution is -2.11. The van der Waals surface area contributed by atoms with Crippen LogP contribution >= 0.6 is 0 Å². The molecular formula is C66H61N3. The second kappa shape index (κ2) is 20.4. The molecule has 340 valence electrons. The maximum absolute atomic E-state index is 2.36. The predicted octanol–water partition coefficient (Wildman–Crippen LogP) is 18.9. The predicted molar refractivity (Wildman–Crippen MR) is 299 cm³/mol. The number of benzene rings is 9. The molecule has 0 saturated heterocycles. The summed E-state index contributed by atoms with van der Waals surface area (Å²) in [6.07, 6.45) is 8.78. The van der Waals surface area contributed by atoms with Crippen molar-refractivity contribution in [3.05, 3.63) is 267 Å². The molecule has 0 fully saturated rings. The zero-order chi connectivity index (χ0) is 48.0. The first-order chi connectivity index (χ1) is 33.4. The third-order valence-corrected chi connectivity index (χ3v) is 12.9. The first-order valence-corrected chi connectivity index (χ1v) is 24.0. The van der Waals surface area contributed by atoms with E-state index in [1.807, 2.05) is 0 Å². The molecule has 0 amide bonds. The van der Waals surface area contributed by atoms with Crippen LogP contribution in [0.15, 0.2) is 200 Å². The van der Waals surface area contributed by atoms with Crippen LogP contribution < -0.4 is 14.7 Å². The quantitative estimate of drug-likeness (QED) is 0.107. The van der Waals surface area contributed by atoms with Gasteiger partial charge in [-0.15, -0.1) is 0 Å². The summed E-state index contributed by atoms with van der Waals surface area (Å²) < 4.78 is 0. The molecule has 0 aliphatic rings. The molecule has 0 aliphatic heterocycles. The molecule has 3 heteroatoms. The molecule has 0 aliphatic carbocycles. The summed E-state index contributed by atoms with van der Waals surface area (Å²) in [4.78, 5) is 7.05. The molecule has 0 radical (unpaired) electrons. The number of hydrogen-bond acceptors (Lipinski definition) is 3. The summed E-state index contributed by atoms with van der Waals surface area (Å²) >= 11 is 0. The Kier molecular flexibility index (Phi) is 13.6. The minimum Gasteiger partial charge on any atom is -0.310 e. The monoisotopic (exact) mass is 895 g/mol. The topological polar surface area (TPSA) is 9.72 Å². The van der Waals surface area contributed by atoms with Crippen molar-refractivity contribution in [2.45, 2.75) is 55.4 Å². The highest BCUT2D eigenvalue weighted by atomic mass is 15.2. The van der Waals surface area contributed by atoms with Gasteiger partial charge >= 0.3 is 0 Å². The van der Waals surface area contributed by atoms with Crippen molar-refractivity contribution in [1.29, 1.82) is 0 Å². The molecule has 0 unspecified atom stereocenters. The number of rotatable bonds is 13. The van der Waals surface area contributed by atoms with E-state index >= 15 is 0 Å². The van der Waals surface area contributed by atoms with Crippen LogP contribution in [-0.2, 0) is 0 Å². The van der Waals surface area contributed by atoms with Gasteiger partial charge in [0, 0.05) is 51.2 Å². The van der Waals surface area contributed by atoms with Crippen LogP contribution in [0.4, 0.5) is 51.2 Å². The minimum absolute atomic E-state index is 1.11. The van der Waals surface area contributed by atoms with Crippen molar-refractivity contribution in [3.8, 4) is 0 Å². The standard InChI is InChI=1S/C66H61N3/c1-46-9-28-58(29-10-46)67(64-40-13-48(3)43-51(64)6)60-32-20-54(21-33-60)16-18-56-24-36-62(37-25-56)69(66-42-15-50(5)45-53(66)8)63-38-26-57(27-39-63)19-17-55-22-34-61(35-23-55)68(59-30-11-47(2)12-31-59)65-41-14-49(4)44-52(65)7/h9-45H,1-8H3/b18-16+,19-17+. The van der Waals surface area contributed by atoms with Crippen LogP contribution in [0, 0.1) is 55.4 Å². The highest BCUT2D eigenvalue weighted by Crippen LogP contribution is 2.40. The Morgan fingerprint density at radius 2 is 0.406 bits per heavy atom. The summed E-state index contributed by atoms with van der Waals surface area (Å²) in [5.74, 6) is 0. The molecule has 9 aromatic carbocycles. The molecule has 3 nitrogen and oxygen atoms in total. The third kappa shape index (κ3) is 10.7. The van der Waals surface area contributed by atoms with Gasteiger partial charge in [0.15, 0.2) is 0 Å². The number of anilines is 9. The van der Waals surface area contributed by atoms with E-state index < -0.39 is 0 Å². The van der Waals surface area contributed by atoms with Gasteiger partial charge in [-0.05, 0) is 185 Å². The van der Waals surface area contributed by atoms with E-state index in [1.54, 1.807) is 0 Å². The van der Waals surface area contributed by atoms with Crippen LogP contribution in [0.2, 0.25) is 0 Å². The van der Waals surface area contributed by atoms with Gasteiger partial charge in [-0.25, -0.2) is 0 Å². The number of hydrogen-bond donors (Lipinski definition) is 0. The molecule has 0 N–H and O–H groups in total. The summed E-state index contributed by atoms with van der Waals surface area (Å²) in [6.45, 7) is 17.3. The Balaban J connectivity index is 0.927. The zero-order valence-electron chi connectivity index (χ0n) is 41.2. The highest BCUT2D eigenvalue weighted by Gasteiger charge is 2.18. The van der Waals surface area contributed by atoms with E-state index in [2.05, 4.69) is 295 Å².